The summed E-state index contributed by atoms with van der Waals surface area (Å²) in [5, 5.41) is 10.3. The van der Waals surface area contributed by atoms with E-state index in [1.807, 2.05) is 24.3 Å². The average Bonchev–Trinajstić information content (AvgIpc) is 2.29. The van der Waals surface area contributed by atoms with Gasteiger partial charge in [0.05, 0.1) is 0 Å². The molecule has 1 heterocycles. The fourth-order valence-electron chi connectivity index (χ4n) is 1.20. The smallest absolute Gasteiger partial charge is 0.276 e. The Bertz CT molecular complexity index is 545. The van der Waals surface area contributed by atoms with E-state index in [1.165, 1.54) is 12.1 Å². The van der Waals surface area contributed by atoms with Crippen LogP contribution < -0.4 is 5.32 Å². The zero-order valence-electron chi connectivity index (χ0n) is 8.52. The molecule has 0 aliphatic carbocycles. The van der Waals surface area contributed by atoms with Crippen LogP contribution in [0.25, 0.3) is 0 Å². The second-order valence-corrected chi connectivity index (χ2v) is 4.84. The number of amides is 1. The molecular weight excluding hydrogens is 352 g/mol. The number of carbonyl (C=O) groups is 1. The highest BCUT2D eigenvalue weighted by molar-refractivity contribution is 14.1. The zero-order chi connectivity index (χ0) is 12.3. The number of benzene rings is 1. The van der Waals surface area contributed by atoms with Gasteiger partial charge in [-0.25, -0.2) is 0 Å². The van der Waals surface area contributed by atoms with Crippen molar-refractivity contribution in [3.05, 3.63) is 50.8 Å². The molecule has 0 unspecified atom stereocenters. The fraction of sp³-hybridized carbons (Fsp3) is 0. The van der Waals surface area contributed by atoms with Crippen LogP contribution in [0.2, 0.25) is 5.15 Å². The van der Waals surface area contributed by atoms with Crippen LogP contribution in [0.5, 0.6) is 0 Å². The average molecular weight is 360 g/mol. The van der Waals surface area contributed by atoms with Crippen LogP contribution in [0.1, 0.15) is 10.5 Å². The molecule has 0 aliphatic heterocycles. The number of rotatable bonds is 2. The van der Waals surface area contributed by atoms with Crippen molar-refractivity contribution in [1.82, 2.24) is 10.2 Å². The molecule has 6 heteroatoms. The lowest BCUT2D eigenvalue weighted by molar-refractivity contribution is 0.102. The minimum Gasteiger partial charge on any atom is -0.321 e. The SMILES string of the molecule is O=C(Nc1cccc(I)c1)c1ccc(Cl)nn1. The van der Waals surface area contributed by atoms with E-state index >= 15 is 0 Å². The van der Waals surface area contributed by atoms with Crippen molar-refractivity contribution in [2.45, 2.75) is 0 Å². The van der Waals surface area contributed by atoms with E-state index in [4.69, 9.17) is 11.6 Å². The minimum absolute atomic E-state index is 0.230. The number of halogens is 2. The van der Waals surface area contributed by atoms with Crippen LogP contribution >= 0.6 is 34.2 Å². The van der Waals surface area contributed by atoms with E-state index in [0.717, 1.165) is 9.26 Å². The van der Waals surface area contributed by atoms with E-state index in [-0.39, 0.29) is 16.8 Å². The van der Waals surface area contributed by atoms with E-state index in [2.05, 4.69) is 38.1 Å². The lowest BCUT2D eigenvalue weighted by atomic mass is 10.3. The van der Waals surface area contributed by atoms with Crippen LogP contribution in [0, 0.1) is 3.57 Å². The van der Waals surface area contributed by atoms with Crippen molar-refractivity contribution in [3.8, 4) is 0 Å². The van der Waals surface area contributed by atoms with Gasteiger partial charge in [-0.15, -0.1) is 10.2 Å². The zero-order valence-corrected chi connectivity index (χ0v) is 11.4. The third-order valence-corrected chi connectivity index (χ3v) is 2.82. The summed E-state index contributed by atoms with van der Waals surface area (Å²) in [6, 6.07) is 10.5. The van der Waals surface area contributed by atoms with Gasteiger partial charge in [-0.3, -0.25) is 4.79 Å². The standard InChI is InChI=1S/C11H7ClIN3O/c12-10-5-4-9(15-16-10)11(17)14-8-3-1-2-7(13)6-8/h1-6H,(H,14,17). The quantitative estimate of drug-likeness (QED) is 0.839. The first-order chi connectivity index (χ1) is 8.15. The number of hydrogen-bond donors (Lipinski definition) is 1. The monoisotopic (exact) mass is 359 g/mol. The summed E-state index contributed by atoms with van der Waals surface area (Å²) in [6.45, 7) is 0. The number of aromatic nitrogens is 2. The predicted molar refractivity (Wildman–Crippen MR) is 74.2 cm³/mol. The normalized spacial score (nSPS) is 10.0. The van der Waals surface area contributed by atoms with E-state index in [1.54, 1.807) is 0 Å². The van der Waals surface area contributed by atoms with Gasteiger partial charge in [-0.2, -0.15) is 0 Å². The summed E-state index contributed by atoms with van der Waals surface area (Å²) in [7, 11) is 0. The molecule has 0 fully saturated rings. The maximum absolute atomic E-state index is 11.8. The van der Waals surface area contributed by atoms with Gasteiger partial charge in [0, 0.05) is 9.26 Å². The van der Waals surface area contributed by atoms with Gasteiger partial charge in [0.1, 0.15) is 0 Å². The molecule has 0 aliphatic rings. The summed E-state index contributed by atoms with van der Waals surface area (Å²) in [6.07, 6.45) is 0. The largest absolute Gasteiger partial charge is 0.321 e. The molecule has 0 radical (unpaired) electrons. The molecular formula is C11H7ClIN3O. The molecule has 2 aromatic rings. The Morgan fingerprint density at radius 1 is 1.24 bits per heavy atom. The topological polar surface area (TPSA) is 54.9 Å². The Hall–Kier alpha value is -1.21. The van der Waals surface area contributed by atoms with Crippen molar-refractivity contribution in [1.29, 1.82) is 0 Å². The Balaban J connectivity index is 2.14. The molecule has 86 valence electrons. The van der Waals surface area contributed by atoms with Crippen molar-refractivity contribution in [2.75, 3.05) is 5.32 Å². The van der Waals surface area contributed by atoms with Crippen molar-refractivity contribution in [3.63, 3.8) is 0 Å². The molecule has 0 spiro atoms. The molecule has 0 saturated heterocycles. The Kier molecular flexibility index (Phi) is 3.90. The molecule has 1 aromatic heterocycles. The maximum atomic E-state index is 11.8. The van der Waals surface area contributed by atoms with Crippen LogP contribution in [0.15, 0.2) is 36.4 Å². The van der Waals surface area contributed by atoms with Crippen LogP contribution in [-0.4, -0.2) is 16.1 Å². The Morgan fingerprint density at radius 3 is 2.71 bits per heavy atom. The summed E-state index contributed by atoms with van der Waals surface area (Å²) in [5.41, 5.74) is 0.951. The van der Waals surface area contributed by atoms with Gasteiger partial charge >= 0.3 is 0 Å². The van der Waals surface area contributed by atoms with Crippen molar-refractivity contribution < 1.29 is 4.79 Å². The summed E-state index contributed by atoms with van der Waals surface area (Å²) < 4.78 is 1.04. The lowest BCUT2D eigenvalue weighted by Gasteiger charge is -2.04. The number of anilines is 1. The predicted octanol–water partition coefficient (Wildman–Crippen LogP) is 2.99. The van der Waals surface area contributed by atoms with E-state index in [0.29, 0.717) is 0 Å². The maximum Gasteiger partial charge on any atom is 0.276 e. The van der Waals surface area contributed by atoms with Gasteiger partial charge in [0.2, 0.25) is 0 Å². The van der Waals surface area contributed by atoms with Gasteiger partial charge in [0.25, 0.3) is 5.91 Å². The summed E-state index contributed by atoms with van der Waals surface area (Å²) in [4.78, 5) is 11.8. The number of nitrogens with zero attached hydrogens (tertiary/aromatic N) is 2. The highest BCUT2D eigenvalue weighted by atomic mass is 127. The third kappa shape index (κ3) is 3.37. The van der Waals surface area contributed by atoms with Crippen LogP contribution in [-0.2, 0) is 0 Å². The molecule has 0 bridgehead atoms. The van der Waals surface area contributed by atoms with Gasteiger partial charge in [0.15, 0.2) is 10.8 Å². The van der Waals surface area contributed by atoms with Crippen LogP contribution in [0.3, 0.4) is 0 Å². The van der Waals surface area contributed by atoms with E-state index in [9.17, 15) is 4.79 Å². The summed E-state index contributed by atoms with van der Waals surface area (Å²) >= 11 is 7.77. The van der Waals surface area contributed by atoms with Gasteiger partial charge in [-0.05, 0) is 52.9 Å². The molecule has 17 heavy (non-hydrogen) atoms. The van der Waals surface area contributed by atoms with Crippen molar-refractivity contribution >= 4 is 45.8 Å². The second kappa shape index (κ2) is 5.42. The minimum atomic E-state index is -0.309. The highest BCUT2D eigenvalue weighted by Crippen LogP contribution is 2.13. The number of hydrogen-bond acceptors (Lipinski definition) is 3. The first-order valence-corrected chi connectivity index (χ1v) is 6.17. The highest BCUT2D eigenvalue weighted by Gasteiger charge is 2.08. The molecule has 4 nitrogen and oxygen atoms in total. The second-order valence-electron chi connectivity index (χ2n) is 3.21. The fourth-order valence-corrected chi connectivity index (χ4v) is 1.84. The molecule has 1 amide bonds. The van der Waals surface area contributed by atoms with Crippen LogP contribution in [0.4, 0.5) is 5.69 Å². The first-order valence-electron chi connectivity index (χ1n) is 4.71. The third-order valence-electron chi connectivity index (χ3n) is 1.95. The molecule has 0 saturated carbocycles. The van der Waals surface area contributed by atoms with Gasteiger partial charge in [-0.1, -0.05) is 17.7 Å². The number of nitrogens with one attached hydrogen (secondary N) is 1. The molecule has 0 atom stereocenters. The van der Waals surface area contributed by atoms with E-state index < -0.39 is 0 Å². The summed E-state index contributed by atoms with van der Waals surface area (Å²) in [5.74, 6) is -0.309. The van der Waals surface area contributed by atoms with Gasteiger partial charge < -0.3 is 5.32 Å². The molecule has 1 aromatic carbocycles. The Morgan fingerprint density at radius 2 is 2.06 bits per heavy atom. The number of carbonyl (C=O) groups excluding carboxylic acids is 1. The Labute approximate surface area is 117 Å². The van der Waals surface area contributed by atoms with Crippen molar-refractivity contribution in [2.24, 2.45) is 0 Å². The molecule has 2 rings (SSSR count). The first kappa shape index (κ1) is 12.3. The lowest BCUT2D eigenvalue weighted by Crippen LogP contribution is -2.14. The molecule has 1 N–H and O–H groups in total.